The predicted octanol–water partition coefficient (Wildman–Crippen LogP) is 5.40. The second-order valence-corrected chi connectivity index (χ2v) is 8.96. The fraction of sp³-hybridized carbons (Fsp3) is 0.200. The average Bonchev–Trinajstić information content (AvgIpc) is 3.20. The Kier molecular flexibility index (Phi) is 6.91. The van der Waals surface area contributed by atoms with E-state index in [1.165, 1.54) is 0 Å². The van der Waals surface area contributed by atoms with Gasteiger partial charge in [0.05, 0.1) is 23.7 Å². The average molecular weight is 346 g/mol. The van der Waals surface area contributed by atoms with Gasteiger partial charge >= 0.3 is 108 Å². The Bertz CT molecular complexity index is 500. The van der Waals surface area contributed by atoms with Gasteiger partial charge in [-0.2, -0.15) is 3.84 Å². The molecule has 2 aliphatic rings. The fourth-order valence-corrected chi connectivity index (χ4v) is 6.64. The second-order valence-electron chi connectivity index (χ2n) is 4.44. The molecule has 105 valence electrons. The fourth-order valence-electron chi connectivity index (χ4n) is 2.36. The van der Waals surface area contributed by atoms with Crippen molar-refractivity contribution in [3.8, 4) is 0 Å². The van der Waals surface area contributed by atoms with E-state index < -0.39 is 17.9 Å². The van der Waals surface area contributed by atoms with Crippen molar-refractivity contribution in [3.63, 3.8) is 0 Å². The summed E-state index contributed by atoms with van der Waals surface area (Å²) in [4.78, 5) is 0. The number of hydrogen-bond donors (Lipinski definition) is 0. The molecule has 1 aromatic heterocycles. The first-order chi connectivity index (χ1) is 9.85. The molecule has 2 nitrogen and oxygen atoms in total. The quantitative estimate of drug-likeness (QED) is 0.682. The normalized spacial score (nSPS) is 15.7. The van der Waals surface area contributed by atoms with Gasteiger partial charge in [0.15, 0.2) is 0 Å². The zero-order valence-corrected chi connectivity index (χ0v) is 14.0. The van der Waals surface area contributed by atoms with Gasteiger partial charge < -0.3 is 0 Å². The molecule has 0 bridgehead atoms. The van der Waals surface area contributed by atoms with Crippen molar-refractivity contribution in [2.24, 2.45) is 0 Å². The molecule has 1 aromatic rings. The Labute approximate surface area is 135 Å². The Hall–Kier alpha value is -0.506. The summed E-state index contributed by atoms with van der Waals surface area (Å²) in [5.41, 5.74) is 0. The summed E-state index contributed by atoms with van der Waals surface area (Å²) in [5, 5.41) is 0. The molecule has 3 rings (SSSR count). The van der Waals surface area contributed by atoms with Gasteiger partial charge in [-0.1, -0.05) is 0 Å². The summed E-state index contributed by atoms with van der Waals surface area (Å²) in [5.74, 6) is 1.15. The van der Waals surface area contributed by atoms with Crippen molar-refractivity contribution in [1.82, 2.24) is 0 Å². The first kappa shape index (κ1) is 15.9. The van der Waals surface area contributed by atoms with Gasteiger partial charge in [0.1, 0.15) is 0 Å². The van der Waals surface area contributed by atoms with E-state index in [1.807, 2.05) is 6.07 Å². The molecule has 0 N–H and O–H groups in total. The van der Waals surface area contributed by atoms with E-state index in [9.17, 15) is 0 Å². The maximum atomic E-state index is 5.53. The third-order valence-electron chi connectivity index (χ3n) is 3.25. The van der Waals surface area contributed by atoms with Crippen molar-refractivity contribution in [3.05, 3.63) is 68.4 Å². The molecule has 20 heavy (non-hydrogen) atoms. The molecule has 0 saturated heterocycles. The predicted molar refractivity (Wildman–Crippen MR) is 78.9 cm³/mol. The van der Waals surface area contributed by atoms with E-state index in [1.54, 1.807) is 14.0 Å². The Morgan fingerprint density at radius 2 is 1.70 bits per heavy atom. The number of hydrogen-bond acceptors (Lipinski definition) is 2. The molecule has 0 fully saturated rings. The summed E-state index contributed by atoms with van der Waals surface area (Å²) < 4.78 is 13.2. The van der Waals surface area contributed by atoms with Crippen LogP contribution in [0.2, 0.25) is 0 Å². The van der Waals surface area contributed by atoms with Crippen LogP contribution < -0.4 is 0 Å². The van der Waals surface area contributed by atoms with Gasteiger partial charge in [-0.3, -0.25) is 0 Å². The standard InChI is InChI=1S/C5H5O.2C5H5.Cl2O.Ti/c1-5-3-2-4-6-5;2*1-2-4-5-3-1;1-3-2;/h2-4H,1H2;2*1-3H,4H2;;. The number of halogens is 2. The zero-order valence-electron chi connectivity index (χ0n) is 10.9. The van der Waals surface area contributed by atoms with Crippen LogP contribution in [0.15, 0.2) is 67.0 Å². The van der Waals surface area contributed by atoms with Crippen LogP contribution in [0.25, 0.3) is 0 Å². The molecular weight excluding hydrogens is 331 g/mol. The van der Waals surface area contributed by atoms with Gasteiger partial charge in [-0.25, -0.2) is 0 Å². The van der Waals surface area contributed by atoms with E-state index in [0.717, 1.165) is 23.3 Å². The number of rotatable bonds is 4. The van der Waals surface area contributed by atoms with Crippen LogP contribution in [0.3, 0.4) is 0 Å². The molecule has 0 unspecified atom stereocenters. The molecule has 0 amide bonds. The summed E-state index contributed by atoms with van der Waals surface area (Å²) >= 11 is 7.19. The molecule has 0 aliphatic heterocycles. The Balaban J connectivity index is 0.000000452. The minimum Gasteiger partial charge on any atom is -0.166 e. The summed E-state index contributed by atoms with van der Waals surface area (Å²) in [6.45, 7) is 0. The topological polar surface area (TPSA) is 22.4 Å². The SMILES string of the molecule is C1=CC[C]([Ti]([CH2]c2ccco2)[C]2=CC=CC2)=C1.ClOCl. The van der Waals surface area contributed by atoms with Gasteiger partial charge in [-0.05, 0) is 0 Å². The maximum absolute atomic E-state index is 5.53. The molecule has 0 saturated carbocycles. The molecule has 0 aromatic carbocycles. The second kappa shape index (κ2) is 8.71. The molecule has 2 aliphatic carbocycles. The summed E-state index contributed by atoms with van der Waals surface area (Å²) in [7, 11) is 0. The van der Waals surface area contributed by atoms with E-state index in [0.29, 0.717) is 0 Å². The van der Waals surface area contributed by atoms with E-state index >= 15 is 0 Å². The first-order valence-electron chi connectivity index (χ1n) is 6.35. The Morgan fingerprint density at radius 1 is 1.10 bits per heavy atom. The Morgan fingerprint density at radius 3 is 2.10 bits per heavy atom. The minimum atomic E-state index is -1.33. The van der Waals surface area contributed by atoms with Gasteiger partial charge in [0.25, 0.3) is 0 Å². The molecule has 0 atom stereocenters. The van der Waals surface area contributed by atoms with Gasteiger partial charge in [0, 0.05) is 0 Å². The summed E-state index contributed by atoms with van der Waals surface area (Å²) in [6, 6.07) is 4.10. The number of allylic oxidation sites excluding steroid dienone is 8. The molecular formula is C15H15Cl2O2Ti. The third-order valence-corrected chi connectivity index (χ3v) is 7.92. The zero-order chi connectivity index (χ0) is 14.2. The van der Waals surface area contributed by atoms with Gasteiger partial charge in [0.2, 0.25) is 0 Å². The third kappa shape index (κ3) is 4.51. The van der Waals surface area contributed by atoms with Crippen molar-refractivity contribution in [1.29, 1.82) is 0 Å². The van der Waals surface area contributed by atoms with Crippen LogP contribution >= 0.6 is 23.7 Å². The number of furan rings is 1. The van der Waals surface area contributed by atoms with Crippen LogP contribution in [0.4, 0.5) is 0 Å². The monoisotopic (exact) mass is 345 g/mol. The van der Waals surface area contributed by atoms with E-state index in [-0.39, 0.29) is 0 Å². The minimum absolute atomic E-state index is 1.15. The van der Waals surface area contributed by atoms with Crippen molar-refractivity contribution in [2.45, 2.75) is 17.6 Å². The van der Waals surface area contributed by atoms with Crippen LogP contribution in [0.1, 0.15) is 18.6 Å². The smallest absolute Gasteiger partial charge is 0.0832 e. The van der Waals surface area contributed by atoms with Gasteiger partial charge in [-0.15, -0.1) is 0 Å². The van der Waals surface area contributed by atoms with Crippen LogP contribution in [0, 0.1) is 0 Å². The largest absolute Gasteiger partial charge is 0.166 e. The molecule has 1 heterocycles. The first-order valence-corrected chi connectivity index (χ1v) is 9.63. The van der Waals surface area contributed by atoms with E-state index in [4.69, 9.17) is 4.42 Å². The van der Waals surface area contributed by atoms with Crippen molar-refractivity contribution in [2.75, 3.05) is 0 Å². The maximum Gasteiger partial charge on any atom is 0.0832 e. The summed E-state index contributed by atoms with van der Waals surface area (Å²) in [6.07, 6.45) is 17.7. The van der Waals surface area contributed by atoms with Crippen molar-refractivity contribution < 1.29 is 26.1 Å². The van der Waals surface area contributed by atoms with Crippen molar-refractivity contribution >= 4 is 23.7 Å². The van der Waals surface area contributed by atoms with Crippen LogP contribution in [-0.4, -0.2) is 0 Å². The van der Waals surface area contributed by atoms with Crippen LogP contribution in [0.5, 0.6) is 0 Å². The van der Waals surface area contributed by atoms with Crippen LogP contribution in [-0.2, 0) is 26.4 Å². The molecule has 0 spiro atoms. The van der Waals surface area contributed by atoms with E-state index in [2.05, 4.69) is 70.1 Å². The molecule has 0 radical (unpaired) electrons. The molecule has 5 heteroatoms.